The first kappa shape index (κ1) is 19.9. The largest absolute Gasteiger partial charge is 0.504 e. The molecule has 0 spiro atoms. The molecule has 0 aliphatic carbocycles. The van der Waals surface area contributed by atoms with Gasteiger partial charge in [0.25, 0.3) is 0 Å². The summed E-state index contributed by atoms with van der Waals surface area (Å²) in [6.45, 7) is 0. The number of benzene rings is 1. The van der Waals surface area contributed by atoms with Crippen molar-refractivity contribution in [2.75, 3.05) is 0 Å². The number of nitrogens with one attached hydrogen (secondary N) is 1. The molecule has 3 aromatic rings. The molecular formula is C22H23F2N5O2. The van der Waals surface area contributed by atoms with Gasteiger partial charge >= 0.3 is 0 Å². The quantitative estimate of drug-likeness (QED) is 0.664. The van der Waals surface area contributed by atoms with E-state index in [-0.39, 0.29) is 29.1 Å². The summed E-state index contributed by atoms with van der Waals surface area (Å²) in [4.78, 5) is 0. The Labute approximate surface area is 178 Å². The number of rotatable bonds is 4. The highest BCUT2D eigenvalue weighted by atomic mass is 19.1. The SMILES string of the molecule is Cn1cc(-c2ccc(-c3ccc(O[C@H]4C[C@@H]5CCC[C@@H](N5)[C@H]4F)nn3)c(O)c2F)cn1. The Bertz CT molecular complexity index is 1090. The first-order valence-corrected chi connectivity index (χ1v) is 10.4. The molecule has 162 valence electrons. The topological polar surface area (TPSA) is 85.1 Å². The molecule has 5 rings (SSSR count). The molecule has 2 fully saturated rings. The summed E-state index contributed by atoms with van der Waals surface area (Å²) in [6, 6.07) is 6.38. The zero-order valence-corrected chi connectivity index (χ0v) is 17.0. The summed E-state index contributed by atoms with van der Waals surface area (Å²) in [5.74, 6) is -1.06. The van der Waals surface area contributed by atoms with Gasteiger partial charge < -0.3 is 15.2 Å². The minimum atomic E-state index is -1.10. The summed E-state index contributed by atoms with van der Waals surface area (Å²) in [6.07, 6.45) is 4.97. The smallest absolute Gasteiger partial charge is 0.233 e. The van der Waals surface area contributed by atoms with Crippen LogP contribution in [-0.2, 0) is 7.05 Å². The maximum absolute atomic E-state index is 14.8. The number of nitrogens with zero attached hydrogens (tertiary/aromatic N) is 4. The molecule has 0 unspecified atom stereocenters. The van der Waals surface area contributed by atoms with Gasteiger partial charge in [0.05, 0.1) is 11.9 Å². The molecular weight excluding hydrogens is 404 g/mol. The third kappa shape index (κ3) is 3.74. The van der Waals surface area contributed by atoms with Crippen molar-refractivity contribution < 1.29 is 18.6 Å². The van der Waals surface area contributed by atoms with E-state index in [1.165, 1.54) is 6.20 Å². The number of halogens is 2. The van der Waals surface area contributed by atoms with Crippen LogP contribution in [0.2, 0.25) is 0 Å². The van der Waals surface area contributed by atoms with Crippen LogP contribution < -0.4 is 10.1 Å². The molecule has 2 aliphatic rings. The number of piperidine rings is 2. The molecule has 4 atom stereocenters. The van der Waals surface area contributed by atoms with Gasteiger partial charge in [-0.3, -0.25) is 4.68 Å². The molecule has 1 aromatic carbocycles. The molecule has 2 aliphatic heterocycles. The average Bonchev–Trinajstić information content (AvgIpc) is 3.21. The fraction of sp³-hybridized carbons (Fsp3) is 0.409. The van der Waals surface area contributed by atoms with Gasteiger partial charge in [0.2, 0.25) is 5.88 Å². The van der Waals surface area contributed by atoms with E-state index in [1.807, 2.05) is 0 Å². The van der Waals surface area contributed by atoms with Crippen molar-refractivity contribution in [1.82, 2.24) is 25.3 Å². The summed E-state index contributed by atoms with van der Waals surface area (Å²) in [5, 5.41) is 25.8. The predicted molar refractivity (Wildman–Crippen MR) is 110 cm³/mol. The first-order chi connectivity index (χ1) is 15.0. The van der Waals surface area contributed by atoms with Crippen LogP contribution >= 0.6 is 0 Å². The number of aryl methyl sites for hydroxylation is 1. The highest BCUT2D eigenvalue weighted by Gasteiger charge is 2.41. The number of fused-ring (bicyclic) bond motifs is 2. The van der Waals surface area contributed by atoms with Crippen molar-refractivity contribution >= 4 is 0 Å². The molecule has 0 radical (unpaired) electrons. The number of aromatic hydroxyl groups is 1. The Morgan fingerprint density at radius 3 is 2.74 bits per heavy atom. The zero-order chi connectivity index (χ0) is 21.5. The van der Waals surface area contributed by atoms with Gasteiger partial charge in [-0.25, -0.2) is 8.78 Å². The normalized spacial score (nSPS) is 25.4. The van der Waals surface area contributed by atoms with Crippen LogP contribution in [0.1, 0.15) is 25.7 Å². The molecule has 7 nitrogen and oxygen atoms in total. The van der Waals surface area contributed by atoms with Crippen molar-refractivity contribution in [3.05, 3.63) is 42.5 Å². The Morgan fingerprint density at radius 1 is 1.16 bits per heavy atom. The predicted octanol–water partition coefficient (Wildman–Crippen LogP) is 3.39. The summed E-state index contributed by atoms with van der Waals surface area (Å²) < 4.78 is 36.8. The zero-order valence-electron chi connectivity index (χ0n) is 17.0. The number of aromatic nitrogens is 4. The highest BCUT2D eigenvalue weighted by Crippen LogP contribution is 2.36. The monoisotopic (exact) mass is 427 g/mol. The van der Waals surface area contributed by atoms with Gasteiger partial charge in [0, 0.05) is 54.5 Å². The van der Waals surface area contributed by atoms with Crippen molar-refractivity contribution in [3.63, 3.8) is 0 Å². The van der Waals surface area contributed by atoms with Gasteiger partial charge in [0.15, 0.2) is 17.7 Å². The summed E-state index contributed by atoms with van der Waals surface area (Å²) in [5.41, 5.74) is 1.31. The maximum Gasteiger partial charge on any atom is 0.233 e. The molecule has 0 saturated carbocycles. The lowest BCUT2D eigenvalue weighted by Crippen LogP contribution is -2.59. The third-order valence-corrected chi connectivity index (χ3v) is 6.09. The van der Waals surface area contributed by atoms with Gasteiger partial charge in [-0.1, -0.05) is 12.5 Å². The van der Waals surface area contributed by atoms with E-state index < -0.39 is 23.8 Å². The molecule has 4 heterocycles. The van der Waals surface area contributed by atoms with E-state index in [2.05, 4.69) is 20.6 Å². The van der Waals surface area contributed by atoms with Crippen LogP contribution in [0.3, 0.4) is 0 Å². The fourth-order valence-electron chi connectivity index (χ4n) is 4.51. The van der Waals surface area contributed by atoms with Gasteiger partial charge in [-0.15, -0.1) is 10.2 Å². The Morgan fingerprint density at radius 2 is 2.00 bits per heavy atom. The van der Waals surface area contributed by atoms with Gasteiger partial charge in [0.1, 0.15) is 6.10 Å². The Kier molecular flexibility index (Phi) is 5.05. The Balaban J connectivity index is 1.35. The van der Waals surface area contributed by atoms with Crippen LogP contribution in [0.4, 0.5) is 8.78 Å². The number of ether oxygens (including phenoxy) is 1. The lowest BCUT2D eigenvalue weighted by atomic mass is 9.84. The lowest BCUT2D eigenvalue weighted by molar-refractivity contribution is 0.00652. The first-order valence-electron chi connectivity index (χ1n) is 10.4. The van der Waals surface area contributed by atoms with Crippen molar-refractivity contribution in [2.24, 2.45) is 7.05 Å². The minimum Gasteiger partial charge on any atom is -0.504 e. The van der Waals surface area contributed by atoms with Crippen molar-refractivity contribution in [2.45, 2.75) is 50.0 Å². The van der Waals surface area contributed by atoms with Gasteiger partial charge in [-0.2, -0.15) is 5.10 Å². The van der Waals surface area contributed by atoms with E-state index in [0.717, 1.165) is 19.3 Å². The highest BCUT2D eigenvalue weighted by molar-refractivity contribution is 5.74. The van der Waals surface area contributed by atoms with Crippen molar-refractivity contribution in [3.8, 4) is 34.0 Å². The number of hydrogen-bond acceptors (Lipinski definition) is 6. The van der Waals surface area contributed by atoms with Crippen LogP contribution in [0.25, 0.3) is 22.4 Å². The lowest BCUT2D eigenvalue weighted by Gasteiger charge is -2.42. The van der Waals surface area contributed by atoms with Crippen LogP contribution in [0.15, 0.2) is 36.7 Å². The fourth-order valence-corrected chi connectivity index (χ4v) is 4.51. The van der Waals surface area contributed by atoms with Crippen LogP contribution in [0, 0.1) is 5.82 Å². The molecule has 9 heteroatoms. The van der Waals surface area contributed by atoms with Crippen LogP contribution in [0.5, 0.6) is 11.6 Å². The Hall–Kier alpha value is -3.07. The number of alkyl halides is 1. The number of phenolic OH excluding ortho intramolecular Hbond substituents is 1. The third-order valence-electron chi connectivity index (χ3n) is 6.09. The second-order valence-electron chi connectivity index (χ2n) is 8.22. The van der Waals surface area contributed by atoms with E-state index in [9.17, 15) is 13.9 Å². The molecule has 0 amide bonds. The number of hydrogen-bond donors (Lipinski definition) is 2. The average molecular weight is 427 g/mol. The van der Waals surface area contributed by atoms with Gasteiger partial charge in [-0.05, 0) is 25.0 Å². The molecule has 2 N–H and O–H groups in total. The van der Waals surface area contributed by atoms with E-state index >= 15 is 0 Å². The molecule has 2 aromatic heterocycles. The second kappa shape index (κ2) is 7.88. The summed E-state index contributed by atoms with van der Waals surface area (Å²) >= 11 is 0. The van der Waals surface area contributed by atoms with E-state index in [0.29, 0.717) is 17.7 Å². The molecule has 2 saturated heterocycles. The van der Waals surface area contributed by atoms with E-state index in [1.54, 1.807) is 42.2 Å². The second-order valence-corrected chi connectivity index (χ2v) is 8.22. The van der Waals surface area contributed by atoms with Crippen molar-refractivity contribution in [1.29, 1.82) is 0 Å². The van der Waals surface area contributed by atoms with Crippen LogP contribution in [-0.4, -0.2) is 49.4 Å². The molecule has 2 bridgehead atoms. The van der Waals surface area contributed by atoms with E-state index in [4.69, 9.17) is 4.74 Å². The number of phenols is 1. The standard InChI is InChI=1S/C22H23F2N5O2/c1-29-11-12(10-25-29)14-5-6-15(22(30)20(14)23)16-7-8-19(28-27-16)31-18-9-13-3-2-4-17(26-13)21(18)24/h5-8,10-11,13,17-18,21,26,30H,2-4,9H2,1H3/t13-,17+,18-,21+/m0/s1. The maximum atomic E-state index is 14.8. The molecule has 31 heavy (non-hydrogen) atoms. The minimum absolute atomic E-state index is 0.178. The summed E-state index contributed by atoms with van der Waals surface area (Å²) in [7, 11) is 1.73.